The van der Waals surface area contributed by atoms with Crippen LogP contribution in [-0.2, 0) is 16.0 Å². The fourth-order valence-electron chi connectivity index (χ4n) is 4.66. The maximum atomic E-state index is 14.5. The maximum absolute atomic E-state index is 14.5. The van der Waals surface area contributed by atoms with E-state index in [0.29, 0.717) is 25.2 Å². The number of ether oxygens (including phenoxy) is 1. The first kappa shape index (κ1) is 28.7. The normalized spacial score (nSPS) is 19.1. The third-order valence-electron chi connectivity index (χ3n) is 6.62. The lowest BCUT2D eigenvalue weighted by Gasteiger charge is -2.38. The monoisotopic (exact) mass is 552 g/mol. The number of carbonyl (C=O) groups excluding carboxylic acids is 2. The van der Waals surface area contributed by atoms with E-state index in [1.54, 1.807) is 18.3 Å². The molecular formula is C30H31F3N4O3. The van der Waals surface area contributed by atoms with Crippen molar-refractivity contribution in [2.75, 3.05) is 25.4 Å². The molecule has 2 aliphatic heterocycles. The maximum Gasteiger partial charge on any atom is 0.282 e. The molecule has 3 heterocycles. The molecule has 1 saturated heterocycles. The summed E-state index contributed by atoms with van der Waals surface area (Å²) in [5, 5.41) is 2.62. The highest BCUT2D eigenvalue weighted by molar-refractivity contribution is 5.98. The largest absolute Gasteiger partial charge is 0.488 e. The summed E-state index contributed by atoms with van der Waals surface area (Å²) < 4.78 is 46.5. The molecule has 0 bridgehead atoms. The van der Waals surface area contributed by atoms with Crippen LogP contribution in [-0.4, -0.2) is 53.9 Å². The van der Waals surface area contributed by atoms with Gasteiger partial charge in [0.1, 0.15) is 23.5 Å². The molecule has 1 aliphatic carbocycles. The highest BCUT2D eigenvalue weighted by atomic mass is 19.3. The van der Waals surface area contributed by atoms with E-state index in [-0.39, 0.29) is 18.1 Å². The van der Waals surface area contributed by atoms with Gasteiger partial charge in [-0.15, -0.1) is 0 Å². The van der Waals surface area contributed by atoms with Crippen LogP contribution in [0.15, 0.2) is 66.2 Å². The quantitative estimate of drug-likeness (QED) is 0.503. The van der Waals surface area contributed by atoms with Crippen LogP contribution < -0.4 is 15.8 Å². The lowest BCUT2D eigenvalue weighted by atomic mass is 9.96. The van der Waals surface area contributed by atoms with Crippen molar-refractivity contribution in [2.45, 2.75) is 38.7 Å². The van der Waals surface area contributed by atoms with E-state index in [4.69, 9.17) is 10.5 Å². The van der Waals surface area contributed by atoms with Gasteiger partial charge in [0.15, 0.2) is 0 Å². The molecular weight excluding hydrogens is 521 g/mol. The average Bonchev–Trinajstić information content (AvgIpc) is 3.23. The van der Waals surface area contributed by atoms with E-state index in [0.717, 1.165) is 38.5 Å². The van der Waals surface area contributed by atoms with Gasteiger partial charge in [-0.2, -0.15) is 0 Å². The number of nitrogen functional groups attached to an aromatic ring is 1. The summed E-state index contributed by atoms with van der Waals surface area (Å²) in [5.74, 6) is -2.98. The van der Waals surface area contributed by atoms with Crippen LogP contribution in [0.5, 0.6) is 5.75 Å². The number of benzene rings is 1. The number of nitrogens with zero attached hydrogens (tertiary/aromatic N) is 2. The van der Waals surface area contributed by atoms with Gasteiger partial charge in [0, 0.05) is 12.6 Å². The first-order chi connectivity index (χ1) is 19.1. The molecule has 1 aromatic carbocycles. The Morgan fingerprint density at radius 1 is 1.27 bits per heavy atom. The van der Waals surface area contributed by atoms with Gasteiger partial charge in [-0.05, 0) is 84.5 Å². The van der Waals surface area contributed by atoms with Crippen molar-refractivity contribution in [1.82, 2.24) is 15.2 Å². The second kappa shape index (κ2) is 12.2. The number of aromatic nitrogens is 1. The van der Waals surface area contributed by atoms with Gasteiger partial charge < -0.3 is 20.7 Å². The van der Waals surface area contributed by atoms with E-state index < -0.39 is 30.7 Å². The summed E-state index contributed by atoms with van der Waals surface area (Å²) in [6.07, 6.45) is 11.4. The van der Waals surface area contributed by atoms with Gasteiger partial charge in [-0.25, -0.2) is 18.2 Å². The second-order valence-electron chi connectivity index (χ2n) is 9.81. The number of hydrogen-bond donors (Lipinski definition) is 2. The lowest BCUT2D eigenvalue weighted by Crippen LogP contribution is -2.58. The Hall–Kier alpha value is -4.34. The number of pyridine rings is 1. The first-order valence-electron chi connectivity index (χ1n) is 12.9. The van der Waals surface area contributed by atoms with Gasteiger partial charge in [0.05, 0.1) is 25.2 Å². The minimum atomic E-state index is -2.90. The van der Waals surface area contributed by atoms with Crippen molar-refractivity contribution in [2.24, 2.45) is 0 Å². The first-order valence-corrected chi connectivity index (χ1v) is 12.9. The van der Waals surface area contributed by atoms with Gasteiger partial charge >= 0.3 is 0 Å². The molecule has 40 heavy (non-hydrogen) atoms. The van der Waals surface area contributed by atoms with Crippen LogP contribution in [0.25, 0.3) is 11.6 Å². The van der Waals surface area contributed by atoms with E-state index in [1.165, 1.54) is 12.2 Å². The molecule has 7 nitrogen and oxygen atoms in total. The molecule has 1 aromatic heterocycles. The topological polar surface area (TPSA) is 97.6 Å². The Balaban J connectivity index is 0.000000312. The standard InChI is InChI=1S/C22H21F3N2O3.C8H10N2/c1-13-6-15(7-16-8-17(9-26-12-28)30-20(13)16)14-2-4-18(19(23)5-3-14)21(29)27-10-22(24,25)11-27;1-2-3-7-4-5-8(9)10-6-7/h2,4-7,12,17H,3,8-11H2,1H3,(H,26,28);2-6H,1H3,(H2,9,10)/b;3-2+. The molecule has 3 aliphatic rings. The Bertz CT molecular complexity index is 1390. The number of aryl methyl sites for hydroxylation is 1. The number of hydrogen-bond acceptors (Lipinski definition) is 5. The molecule has 10 heteroatoms. The van der Waals surface area contributed by atoms with Crippen molar-refractivity contribution in [1.29, 1.82) is 0 Å². The van der Waals surface area contributed by atoms with Crippen LogP contribution >= 0.6 is 0 Å². The Labute approximate surface area is 230 Å². The van der Waals surface area contributed by atoms with Crippen LogP contribution in [0.1, 0.15) is 35.6 Å². The average molecular weight is 553 g/mol. The van der Waals surface area contributed by atoms with Crippen LogP contribution in [0.3, 0.4) is 0 Å². The molecule has 1 fully saturated rings. The number of carbonyl (C=O) groups is 2. The zero-order valence-electron chi connectivity index (χ0n) is 22.3. The number of amides is 2. The summed E-state index contributed by atoms with van der Waals surface area (Å²) in [6, 6.07) is 7.62. The molecule has 0 radical (unpaired) electrons. The van der Waals surface area contributed by atoms with Crippen LogP contribution in [0.4, 0.5) is 19.0 Å². The van der Waals surface area contributed by atoms with E-state index in [2.05, 4.69) is 10.3 Å². The predicted octanol–water partition coefficient (Wildman–Crippen LogP) is 4.79. The number of likely N-dealkylation sites (tertiary alicyclic amines) is 1. The summed E-state index contributed by atoms with van der Waals surface area (Å²) in [4.78, 5) is 27.8. The fourth-order valence-corrected chi connectivity index (χ4v) is 4.66. The fraction of sp³-hybridized carbons (Fsp3) is 0.300. The Kier molecular flexibility index (Phi) is 8.77. The summed E-state index contributed by atoms with van der Waals surface area (Å²) in [5.41, 5.74) is 9.87. The zero-order chi connectivity index (χ0) is 28.9. The minimum Gasteiger partial charge on any atom is -0.488 e. The number of anilines is 1. The summed E-state index contributed by atoms with van der Waals surface area (Å²) in [7, 11) is 0. The third kappa shape index (κ3) is 6.80. The molecule has 1 unspecified atom stereocenters. The lowest BCUT2D eigenvalue weighted by molar-refractivity contribution is -0.161. The second-order valence-corrected chi connectivity index (χ2v) is 9.81. The van der Waals surface area contributed by atoms with Crippen molar-refractivity contribution in [3.63, 3.8) is 0 Å². The smallest absolute Gasteiger partial charge is 0.282 e. The van der Waals surface area contributed by atoms with Crippen molar-refractivity contribution >= 4 is 29.8 Å². The molecule has 0 spiro atoms. The van der Waals surface area contributed by atoms with Gasteiger partial charge in [-0.1, -0.05) is 18.2 Å². The number of rotatable bonds is 6. The van der Waals surface area contributed by atoms with E-state index >= 15 is 0 Å². The van der Waals surface area contributed by atoms with Gasteiger partial charge in [0.25, 0.3) is 11.8 Å². The van der Waals surface area contributed by atoms with Crippen molar-refractivity contribution in [3.8, 4) is 5.75 Å². The SMILES string of the molecule is C/C=C/c1ccc(N)nc1.Cc1cc(C2=CC=C(C(=O)N3CC(F)(F)C3)C(F)=CC2)cc2c1OC(CNC=O)C2. The number of allylic oxidation sites excluding steroid dienone is 5. The highest BCUT2D eigenvalue weighted by Crippen LogP contribution is 2.37. The molecule has 3 N–H and O–H groups in total. The summed E-state index contributed by atoms with van der Waals surface area (Å²) >= 11 is 0. The number of nitrogens with two attached hydrogens (primary N) is 1. The van der Waals surface area contributed by atoms with Crippen LogP contribution in [0.2, 0.25) is 0 Å². The number of fused-ring (bicyclic) bond motifs is 1. The predicted molar refractivity (Wildman–Crippen MR) is 148 cm³/mol. The van der Waals surface area contributed by atoms with Crippen LogP contribution in [0, 0.1) is 6.92 Å². The zero-order valence-corrected chi connectivity index (χ0v) is 22.3. The van der Waals surface area contributed by atoms with E-state index in [1.807, 2.05) is 44.2 Å². The van der Waals surface area contributed by atoms with E-state index in [9.17, 15) is 22.8 Å². The molecule has 2 amide bonds. The van der Waals surface area contributed by atoms with Gasteiger partial charge in [0.2, 0.25) is 6.41 Å². The number of alkyl halides is 2. The third-order valence-corrected chi connectivity index (χ3v) is 6.62. The minimum absolute atomic E-state index is 0.140. The molecule has 0 saturated carbocycles. The Morgan fingerprint density at radius 2 is 2.05 bits per heavy atom. The molecule has 5 rings (SSSR count). The summed E-state index contributed by atoms with van der Waals surface area (Å²) in [6.45, 7) is 2.93. The number of nitrogens with one attached hydrogen (secondary N) is 1. The van der Waals surface area contributed by atoms with Gasteiger partial charge in [-0.3, -0.25) is 9.59 Å². The molecule has 1 atom stereocenters. The van der Waals surface area contributed by atoms with Crippen molar-refractivity contribution in [3.05, 3.63) is 88.4 Å². The number of halogens is 3. The molecule has 2 aromatic rings. The highest BCUT2D eigenvalue weighted by Gasteiger charge is 2.47. The van der Waals surface area contributed by atoms with Crippen molar-refractivity contribution < 1.29 is 27.5 Å². The molecule has 210 valence electrons. The Morgan fingerprint density at radius 3 is 2.70 bits per heavy atom.